The number of hydrogen-bond acceptors (Lipinski definition) is 3. The Kier molecular flexibility index (Phi) is 4.61. The lowest BCUT2D eigenvalue weighted by Gasteiger charge is -2.17. The van der Waals surface area contributed by atoms with Gasteiger partial charge in [0.25, 0.3) is 11.8 Å². The van der Waals surface area contributed by atoms with Gasteiger partial charge in [0, 0.05) is 28.0 Å². The molecule has 4 nitrogen and oxygen atoms in total. The quantitative estimate of drug-likeness (QED) is 0.642. The fourth-order valence-electron chi connectivity index (χ4n) is 3.04. The molecule has 1 aliphatic rings. The van der Waals surface area contributed by atoms with Gasteiger partial charge in [-0.25, -0.2) is 0 Å². The largest absolute Gasteiger partial charge is 0.321 e. The van der Waals surface area contributed by atoms with Crippen LogP contribution in [0.3, 0.4) is 0 Å². The van der Waals surface area contributed by atoms with Gasteiger partial charge in [-0.3, -0.25) is 9.59 Å². The van der Waals surface area contributed by atoms with Crippen LogP contribution >= 0.6 is 27.3 Å². The Morgan fingerprint density at radius 2 is 1.81 bits per heavy atom. The van der Waals surface area contributed by atoms with Crippen LogP contribution in [-0.2, 0) is 6.42 Å². The summed E-state index contributed by atoms with van der Waals surface area (Å²) in [6.45, 7) is 0.697. The first-order valence-corrected chi connectivity index (χ1v) is 9.85. The lowest BCUT2D eigenvalue weighted by molar-refractivity contribution is 0.0988. The molecule has 1 aromatic heterocycles. The van der Waals surface area contributed by atoms with Crippen LogP contribution in [0.25, 0.3) is 0 Å². The predicted octanol–water partition coefficient (Wildman–Crippen LogP) is 4.97. The number of thiophene rings is 1. The van der Waals surface area contributed by atoms with Crippen molar-refractivity contribution >= 4 is 50.5 Å². The highest BCUT2D eigenvalue weighted by molar-refractivity contribution is 9.10. The van der Waals surface area contributed by atoms with Crippen LogP contribution in [0, 0.1) is 0 Å². The van der Waals surface area contributed by atoms with Crippen molar-refractivity contribution in [3.8, 4) is 0 Å². The first-order chi connectivity index (χ1) is 12.6. The SMILES string of the molecule is O=C(Nc1ccc(C(=O)N2CCc3ccccc32)cc1)c1sccc1Br. The number of nitrogens with zero attached hydrogens (tertiary/aromatic N) is 1. The third kappa shape index (κ3) is 3.18. The molecule has 0 aliphatic carbocycles. The van der Waals surface area contributed by atoms with E-state index in [0.717, 1.165) is 16.6 Å². The zero-order chi connectivity index (χ0) is 18.1. The first kappa shape index (κ1) is 17.0. The molecule has 0 bridgehead atoms. The van der Waals surface area contributed by atoms with E-state index in [1.54, 1.807) is 24.3 Å². The molecule has 2 aromatic carbocycles. The van der Waals surface area contributed by atoms with Gasteiger partial charge in [-0.2, -0.15) is 0 Å². The van der Waals surface area contributed by atoms with Crippen molar-refractivity contribution in [3.63, 3.8) is 0 Å². The van der Waals surface area contributed by atoms with Gasteiger partial charge in [-0.1, -0.05) is 18.2 Å². The fourth-order valence-corrected chi connectivity index (χ4v) is 4.49. The number of para-hydroxylation sites is 1. The Balaban J connectivity index is 1.49. The molecule has 1 aliphatic heterocycles. The maximum atomic E-state index is 12.8. The second kappa shape index (κ2) is 7.05. The highest BCUT2D eigenvalue weighted by atomic mass is 79.9. The number of carbonyl (C=O) groups excluding carboxylic acids is 2. The van der Waals surface area contributed by atoms with E-state index in [0.29, 0.717) is 22.7 Å². The maximum Gasteiger partial charge on any atom is 0.266 e. The summed E-state index contributed by atoms with van der Waals surface area (Å²) in [5.41, 5.74) is 3.45. The number of nitrogens with one attached hydrogen (secondary N) is 1. The zero-order valence-corrected chi connectivity index (χ0v) is 16.1. The molecule has 6 heteroatoms. The van der Waals surface area contributed by atoms with Gasteiger partial charge >= 0.3 is 0 Å². The Morgan fingerprint density at radius 1 is 1.04 bits per heavy atom. The summed E-state index contributed by atoms with van der Waals surface area (Å²) in [5, 5.41) is 4.71. The Hall–Kier alpha value is -2.44. The molecule has 0 saturated carbocycles. The van der Waals surface area contributed by atoms with E-state index in [9.17, 15) is 9.59 Å². The molecule has 3 aromatic rings. The van der Waals surface area contributed by atoms with Crippen molar-refractivity contribution < 1.29 is 9.59 Å². The average molecular weight is 427 g/mol. The van der Waals surface area contributed by atoms with Gasteiger partial charge in [0.2, 0.25) is 0 Å². The molecule has 2 heterocycles. The summed E-state index contributed by atoms with van der Waals surface area (Å²) in [5.74, 6) is -0.187. The summed E-state index contributed by atoms with van der Waals surface area (Å²) in [4.78, 5) is 27.5. The summed E-state index contributed by atoms with van der Waals surface area (Å²) in [6, 6.07) is 16.9. The van der Waals surface area contributed by atoms with E-state index in [2.05, 4.69) is 27.3 Å². The Labute approximate surface area is 163 Å². The number of amides is 2. The van der Waals surface area contributed by atoms with Crippen LogP contribution in [0.15, 0.2) is 64.5 Å². The molecular formula is C20H15BrN2O2S. The minimum Gasteiger partial charge on any atom is -0.321 e. The molecule has 0 saturated heterocycles. The van der Waals surface area contributed by atoms with E-state index in [4.69, 9.17) is 0 Å². The summed E-state index contributed by atoms with van der Waals surface area (Å²) < 4.78 is 0.777. The number of hydrogen-bond donors (Lipinski definition) is 1. The van der Waals surface area contributed by atoms with Gasteiger partial charge in [-0.15, -0.1) is 11.3 Å². The molecule has 0 atom stereocenters. The second-order valence-corrected chi connectivity index (χ2v) is 7.74. The third-order valence-electron chi connectivity index (χ3n) is 4.35. The highest BCUT2D eigenvalue weighted by Gasteiger charge is 2.25. The maximum absolute atomic E-state index is 12.8. The number of carbonyl (C=O) groups is 2. The van der Waals surface area contributed by atoms with E-state index in [1.807, 2.05) is 34.5 Å². The van der Waals surface area contributed by atoms with Crippen molar-refractivity contribution in [2.24, 2.45) is 0 Å². The Bertz CT molecular complexity index is 981. The van der Waals surface area contributed by atoms with E-state index < -0.39 is 0 Å². The molecule has 0 fully saturated rings. The molecule has 2 amide bonds. The van der Waals surface area contributed by atoms with Crippen molar-refractivity contribution in [3.05, 3.63) is 80.5 Å². The van der Waals surface area contributed by atoms with Gasteiger partial charge in [0.15, 0.2) is 0 Å². The summed E-state index contributed by atoms with van der Waals surface area (Å²) >= 11 is 4.74. The van der Waals surface area contributed by atoms with Crippen molar-refractivity contribution in [2.45, 2.75) is 6.42 Å². The lowest BCUT2D eigenvalue weighted by Crippen LogP contribution is -2.28. The number of rotatable bonds is 3. The topological polar surface area (TPSA) is 49.4 Å². The highest BCUT2D eigenvalue weighted by Crippen LogP contribution is 2.29. The molecule has 130 valence electrons. The van der Waals surface area contributed by atoms with Crippen molar-refractivity contribution in [1.82, 2.24) is 0 Å². The number of fused-ring (bicyclic) bond motifs is 1. The van der Waals surface area contributed by atoms with E-state index in [1.165, 1.54) is 16.9 Å². The van der Waals surface area contributed by atoms with E-state index in [-0.39, 0.29) is 11.8 Å². The second-order valence-electron chi connectivity index (χ2n) is 5.96. The Morgan fingerprint density at radius 3 is 2.54 bits per heavy atom. The van der Waals surface area contributed by atoms with Gasteiger partial charge in [0.05, 0.1) is 0 Å². The molecule has 0 unspecified atom stereocenters. The summed E-state index contributed by atoms with van der Waals surface area (Å²) in [7, 11) is 0. The molecule has 0 radical (unpaired) electrons. The summed E-state index contributed by atoms with van der Waals surface area (Å²) in [6.07, 6.45) is 0.881. The van der Waals surface area contributed by atoms with Crippen molar-refractivity contribution in [2.75, 3.05) is 16.8 Å². The van der Waals surface area contributed by atoms with Crippen LogP contribution in [0.4, 0.5) is 11.4 Å². The molecule has 4 rings (SSSR count). The van der Waals surface area contributed by atoms with Gasteiger partial charge in [0.1, 0.15) is 4.88 Å². The van der Waals surface area contributed by atoms with Crippen LogP contribution in [-0.4, -0.2) is 18.4 Å². The predicted molar refractivity (Wildman–Crippen MR) is 108 cm³/mol. The smallest absolute Gasteiger partial charge is 0.266 e. The normalized spacial score (nSPS) is 12.7. The van der Waals surface area contributed by atoms with Crippen LogP contribution < -0.4 is 10.2 Å². The third-order valence-corrected chi connectivity index (χ3v) is 6.18. The first-order valence-electron chi connectivity index (χ1n) is 8.17. The van der Waals surface area contributed by atoms with Crippen molar-refractivity contribution in [1.29, 1.82) is 0 Å². The van der Waals surface area contributed by atoms with E-state index >= 15 is 0 Å². The van der Waals surface area contributed by atoms with Crippen LogP contribution in [0.5, 0.6) is 0 Å². The van der Waals surface area contributed by atoms with Crippen LogP contribution in [0.2, 0.25) is 0 Å². The molecule has 0 spiro atoms. The molecule has 26 heavy (non-hydrogen) atoms. The number of halogens is 1. The van der Waals surface area contributed by atoms with Crippen LogP contribution in [0.1, 0.15) is 25.6 Å². The standard InChI is InChI=1S/C20H15BrN2O2S/c21-16-10-12-26-18(16)19(24)22-15-7-5-14(6-8-15)20(25)23-11-9-13-3-1-2-4-17(13)23/h1-8,10,12H,9,11H2,(H,22,24). The average Bonchev–Trinajstić information content (AvgIpc) is 3.28. The lowest BCUT2D eigenvalue weighted by atomic mass is 10.1. The zero-order valence-electron chi connectivity index (χ0n) is 13.7. The minimum absolute atomic E-state index is 0.0196. The fraction of sp³-hybridized carbons (Fsp3) is 0.100. The number of anilines is 2. The number of benzene rings is 2. The molecular weight excluding hydrogens is 412 g/mol. The van der Waals surface area contributed by atoms with Gasteiger partial charge < -0.3 is 10.2 Å². The minimum atomic E-state index is -0.167. The monoisotopic (exact) mass is 426 g/mol. The van der Waals surface area contributed by atoms with Gasteiger partial charge in [-0.05, 0) is 69.7 Å². The molecule has 1 N–H and O–H groups in total.